The summed E-state index contributed by atoms with van der Waals surface area (Å²) >= 11 is 0. The number of halogens is 5. The number of rotatable bonds is 8. The van der Waals surface area contributed by atoms with Gasteiger partial charge < -0.3 is 4.74 Å². The largest absolute Gasteiger partial charge is 0.459 e. The van der Waals surface area contributed by atoms with Crippen LogP contribution in [0.4, 0.5) is 22.0 Å². The Balaban J connectivity index is 2.03. The SMILES string of the molecule is CC(F)CC(CC(F)Cc1cc(F)c(F)c(F)c1)OC(=O)c1ccccc1. The van der Waals surface area contributed by atoms with Crippen molar-refractivity contribution in [2.45, 2.75) is 44.6 Å². The molecule has 0 amide bonds. The summed E-state index contributed by atoms with van der Waals surface area (Å²) in [6.45, 7) is 1.25. The molecule has 0 bridgehead atoms. The minimum atomic E-state index is -1.67. The summed E-state index contributed by atoms with van der Waals surface area (Å²) in [6.07, 6.45) is -5.05. The van der Waals surface area contributed by atoms with Gasteiger partial charge in [-0.2, -0.15) is 0 Å². The molecular formula is C20H19F5O2. The standard InChI is InChI=1S/C20H19F5O2/c1-12(21)7-16(27-20(26)14-5-3-2-4-6-14)11-15(22)8-13-9-17(23)19(25)18(24)10-13/h2-6,9-10,12,15-16H,7-8,11H2,1H3. The smallest absolute Gasteiger partial charge is 0.338 e. The van der Waals surface area contributed by atoms with Crippen molar-refractivity contribution in [2.75, 3.05) is 0 Å². The number of hydrogen-bond donors (Lipinski definition) is 0. The van der Waals surface area contributed by atoms with E-state index in [1.165, 1.54) is 19.1 Å². The average Bonchev–Trinajstić information content (AvgIpc) is 2.59. The molecule has 3 unspecified atom stereocenters. The van der Waals surface area contributed by atoms with E-state index in [-0.39, 0.29) is 24.0 Å². The Morgan fingerprint density at radius 1 is 1.00 bits per heavy atom. The molecule has 0 spiro atoms. The summed E-state index contributed by atoms with van der Waals surface area (Å²) in [4.78, 5) is 12.1. The van der Waals surface area contributed by atoms with Gasteiger partial charge in [-0.1, -0.05) is 18.2 Å². The molecule has 0 saturated heterocycles. The van der Waals surface area contributed by atoms with Crippen LogP contribution in [0, 0.1) is 17.5 Å². The molecule has 0 N–H and O–H groups in total. The molecule has 0 aromatic heterocycles. The third kappa shape index (κ3) is 6.34. The quantitative estimate of drug-likeness (QED) is 0.347. The lowest BCUT2D eigenvalue weighted by Crippen LogP contribution is -2.26. The van der Waals surface area contributed by atoms with Crippen LogP contribution in [0.3, 0.4) is 0 Å². The lowest BCUT2D eigenvalue weighted by molar-refractivity contribution is 0.0143. The highest BCUT2D eigenvalue weighted by atomic mass is 19.2. The maximum absolute atomic E-state index is 14.4. The van der Waals surface area contributed by atoms with Crippen LogP contribution >= 0.6 is 0 Å². The normalized spacial score (nSPS) is 14.4. The molecule has 0 radical (unpaired) electrons. The van der Waals surface area contributed by atoms with Crippen molar-refractivity contribution in [3.05, 3.63) is 71.0 Å². The van der Waals surface area contributed by atoms with Gasteiger partial charge in [-0.15, -0.1) is 0 Å². The first-order valence-electron chi connectivity index (χ1n) is 8.43. The minimum Gasteiger partial charge on any atom is -0.459 e. The molecule has 27 heavy (non-hydrogen) atoms. The van der Waals surface area contributed by atoms with Crippen molar-refractivity contribution in [3.8, 4) is 0 Å². The number of carbonyl (C=O) groups excluding carboxylic acids is 1. The molecule has 2 rings (SSSR count). The summed E-state index contributed by atoms with van der Waals surface area (Å²) in [5.41, 5.74) is 0.160. The van der Waals surface area contributed by atoms with Crippen LogP contribution in [0.1, 0.15) is 35.7 Å². The first kappa shape index (κ1) is 20.9. The first-order chi connectivity index (χ1) is 12.8. The highest BCUT2D eigenvalue weighted by Gasteiger charge is 2.24. The summed E-state index contributed by atoms with van der Waals surface area (Å²) < 4.78 is 72.3. The number of ether oxygens (including phenoxy) is 1. The monoisotopic (exact) mass is 386 g/mol. The highest BCUT2D eigenvalue weighted by molar-refractivity contribution is 5.89. The molecule has 146 valence electrons. The van der Waals surface area contributed by atoms with Gasteiger partial charge >= 0.3 is 5.97 Å². The number of hydrogen-bond acceptors (Lipinski definition) is 2. The molecule has 2 aromatic rings. The van der Waals surface area contributed by atoms with Crippen molar-refractivity contribution in [3.63, 3.8) is 0 Å². The fourth-order valence-electron chi connectivity index (χ4n) is 2.70. The van der Waals surface area contributed by atoms with E-state index in [9.17, 15) is 26.7 Å². The zero-order valence-corrected chi connectivity index (χ0v) is 14.6. The number of esters is 1. The van der Waals surface area contributed by atoms with Crippen LogP contribution < -0.4 is 0 Å². The molecule has 3 atom stereocenters. The van der Waals surface area contributed by atoms with Gasteiger partial charge in [0.1, 0.15) is 18.4 Å². The molecule has 0 aliphatic carbocycles. The first-order valence-corrected chi connectivity index (χ1v) is 8.43. The van der Waals surface area contributed by atoms with Gasteiger partial charge in [0.15, 0.2) is 17.5 Å². The molecule has 2 nitrogen and oxygen atoms in total. The number of carbonyl (C=O) groups is 1. The van der Waals surface area contributed by atoms with Crippen LogP contribution in [0.2, 0.25) is 0 Å². The van der Waals surface area contributed by atoms with Crippen LogP contribution in [0.5, 0.6) is 0 Å². The Hall–Kier alpha value is -2.44. The fourth-order valence-corrected chi connectivity index (χ4v) is 2.70. The number of alkyl halides is 2. The van der Waals surface area contributed by atoms with Gasteiger partial charge in [0.25, 0.3) is 0 Å². The van der Waals surface area contributed by atoms with Crippen molar-refractivity contribution in [1.82, 2.24) is 0 Å². The topological polar surface area (TPSA) is 26.3 Å². The molecule has 0 aliphatic rings. The van der Waals surface area contributed by atoms with Gasteiger partial charge in [-0.3, -0.25) is 0 Å². The van der Waals surface area contributed by atoms with E-state index in [1.54, 1.807) is 18.2 Å². The van der Waals surface area contributed by atoms with Crippen LogP contribution in [-0.4, -0.2) is 24.4 Å². The Bertz CT molecular complexity index is 741. The van der Waals surface area contributed by atoms with Crippen molar-refractivity contribution < 1.29 is 31.5 Å². The van der Waals surface area contributed by atoms with E-state index >= 15 is 0 Å². The summed E-state index contributed by atoms with van der Waals surface area (Å²) in [7, 11) is 0. The zero-order chi connectivity index (χ0) is 20.0. The Morgan fingerprint density at radius 2 is 1.59 bits per heavy atom. The minimum absolute atomic E-state index is 0.0830. The summed E-state index contributed by atoms with van der Waals surface area (Å²) in [5.74, 6) is -5.18. The predicted molar refractivity (Wildman–Crippen MR) is 90.4 cm³/mol. The molecule has 2 aromatic carbocycles. The lowest BCUT2D eigenvalue weighted by Gasteiger charge is -2.21. The maximum atomic E-state index is 14.4. The van der Waals surface area contributed by atoms with E-state index < -0.39 is 48.3 Å². The predicted octanol–water partition coefficient (Wildman–Crippen LogP) is 5.35. The van der Waals surface area contributed by atoms with Crippen molar-refractivity contribution in [1.29, 1.82) is 0 Å². The molecule has 0 aliphatic heterocycles. The molecule has 7 heteroatoms. The van der Waals surface area contributed by atoms with E-state index in [1.807, 2.05) is 0 Å². The zero-order valence-electron chi connectivity index (χ0n) is 14.6. The van der Waals surface area contributed by atoms with Crippen LogP contribution in [0.15, 0.2) is 42.5 Å². The van der Waals surface area contributed by atoms with Gasteiger partial charge in [0.05, 0.1) is 5.56 Å². The Morgan fingerprint density at radius 3 is 2.15 bits per heavy atom. The Labute approximate surface area is 154 Å². The molecular weight excluding hydrogens is 367 g/mol. The third-order valence-electron chi connectivity index (χ3n) is 3.89. The molecule has 0 heterocycles. The summed E-state index contributed by atoms with van der Waals surface area (Å²) in [6, 6.07) is 9.38. The molecule has 0 fully saturated rings. The number of benzene rings is 2. The van der Waals surface area contributed by atoms with E-state index in [0.29, 0.717) is 12.1 Å². The van der Waals surface area contributed by atoms with Gasteiger partial charge in [0, 0.05) is 19.3 Å². The van der Waals surface area contributed by atoms with Gasteiger partial charge in [0.2, 0.25) is 0 Å². The van der Waals surface area contributed by atoms with Gasteiger partial charge in [-0.05, 0) is 36.8 Å². The van der Waals surface area contributed by atoms with Crippen LogP contribution in [-0.2, 0) is 11.2 Å². The summed E-state index contributed by atoms with van der Waals surface area (Å²) in [5, 5.41) is 0. The van der Waals surface area contributed by atoms with Crippen molar-refractivity contribution in [2.24, 2.45) is 0 Å². The lowest BCUT2D eigenvalue weighted by atomic mass is 10.0. The van der Waals surface area contributed by atoms with Gasteiger partial charge in [-0.25, -0.2) is 26.7 Å². The van der Waals surface area contributed by atoms with Crippen LogP contribution in [0.25, 0.3) is 0 Å². The fraction of sp³-hybridized carbons (Fsp3) is 0.350. The second kappa shape index (κ2) is 9.48. The van der Waals surface area contributed by atoms with E-state index in [2.05, 4.69) is 0 Å². The highest BCUT2D eigenvalue weighted by Crippen LogP contribution is 2.21. The second-order valence-corrected chi connectivity index (χ2v) is 6.32. The maximum Gasteiger partial charge on any atom is 0.338 e. The average molecular weight is 386 g/mol. The second-order valence-electron chi connectivity index (χ2n) is 6.32. The third-order valence-corrected chi connectivity index (χ3v) is 3.89. The molecule has 0 saturated carbocycles. The van der Waals surface area contributed by atoms with E-state index in [0.717, 1.165) is 0 Å². The van der Waals surface area contributed by atoms with E-state index in [4.69, 9.17) is 4.74 Å². The Kier molecular flexibility index (Phi) is 7.33. The van der Waals surface area contributed by atoms with Crippen molar-refractivity contribution >= 4 is 5.97 Å².